The molecule has 0 unspecified atom stereocenters. The minimum atomic E-state index is -1.51. The first-order valence-corrected chi connectivity index (χ1v) is 10.4. The fraction of sp³-hybridized carbons (Fsp3) is 0.348. The third-order valence-corrected chi connectivity index (χ3v) is 7.14. The number of carbonyl (C=O) groups is 3. The number of nitrogens with zero attached hydrogens (tertiary/aromatic N) is 4. The Hall–Kier alpha value is -3.75. The lowest BCUT2D eigenvalue weighted by Gasteiger charge is -2.50. The van der Waals surface area contributed by atoms with Gasteiger partial charge < -0.3 is 4.90 Å². The number of imide groups is 2. The molecular formula is C23H22N4O5. The topological polar surface area (TPSA) is 104 Å². The minimum absolute atomic E-state index is 0.0202. The van der Waals surface area contributed by atoms with Crippen LogP contribution in [-0.2, 0) is 16.0 Å². The van der Waals surface area contributed by atoms with Gasteiger partial charge in [0.2, 0.25) is 11.8 Å². The Kier molecular flexibility index (Phi) is 4.34. The van der Waals surface area contributed by atoms with Crippen molar-refractivity contribution in [2.45, 2.75) is 24.8 Å². The number of hydrogen-bond donors (Lipinski definition) is 0. The Balaban J connectivity index is 1.69. The number of nitro groups is 1. The predicted octanol–water partition coefficient (Wildman–Crippen LogP) is 2.55. The standard InChI is InChI=1S/C23H22N4O5/c1-24-20(28)23(21(29)25(2)22(24)30)12-15-10-17(27(31)32)8-9-18(15)26-13-16(11-19(23)26)14-6-4-3-5-7-14/h3-10,16,19H,11-13H2,1-2H3/t16-,19-/m1/s1. The molecule has 3 heterocycles. The van der Waals surface area contributed by atoms with E-state index in [-0.39, 0.29) is 18.0 Å². The van der Waals surface area contributed by atoms with Crippen molar-refractivity contribution in [3.63, 3.8) is 0 Å². The van der Waals surface area contributed by atoms with Crippen molar-refractivity contribution in [2.24, 2.45) is 5.41 Å². The van der Waals surface area contributed by atoms with Crippen LogP contribution in [0.2, 0.25) is 0 Å². The van der Waals surface area contributed by atoms with Crippen molar-refractivity contribution in [3.8, 4) is 0 Å². The average Bonchev–Trinajstić information content (AvgIpc) is 3.26. The molecule has 0 radical (unpaired) electrons. The van der Waals surface area contributed by atoms with Crippen LogP contribution in [0.1, 0.15) is 23.5 Å². The molecule has 1 spiro atoms. The highest BCUT2D eigenvalue weighted by molar-refractivity contribution is 6.20. The van der Waals surface area contributed by atoms with Crippen LogP contribution in [0, 0.1) is 15.5 Å². The number of nitro benzene ring substituents is 1. The van der Waals surface area contributed by atoms with Gasteiger partial charge in [-0.05, 0) is 23.6 Å². The number of urea groups is 1. The number of rotatable bonds is 2. The Labute approximate surface area is 184 Å². The molecule has 0 bridgehead atoms. The second kappa shape index (κ2) is 6.88. The van der Waals surface area contributed by atoms with Gasteiger partial charge in [-0.1, -0.05) is 30.3 Å². The van der Waals surface area contributed by atoms with E-state index in [1.54, 1.807) is 6.07 Å². The van der Waals surface area contributed by atoms with Gasteiger partial charge in [0, 0.05) is 50.8 Å². The summed E-state index contributed by atoms with van der Waals surface area (Å²) in [6, 6.07) is 13.4. The van der Waals surface area contributed by atoms with E-state index in [0.29, 0.717) is 18.5 Å². The summed E-state index contributed by atoms with van der Waals surface area (Å²) in [6.45, 7) is 0.573. The zero-order valence-corrected chi connectivity index (χ0v) is 17.7. The van der Waals surface area contributed by atoms with E-state index in [2.05, 4.69) is 0 Å². The molecule has 2 saturated heterocycles. The second-order valence-corrected chi connectivity index (χ2v) is 8.74. The average molecular weight is 434 g/mol. The van der Waals surface area contributed by atoms with Crippen LogP contribution in [0.15, 0.2) is 48.5 Å². The Morgan fingerprint density at radius 2 is 1.66 bits per heavy atom. The van der Waals surface area contributed by atoms with Gasteiger partial charge in [-0.3, -0.25) is 29.5 Å². The summed E-state index contributed by atoms with van der Waals surface area (Å²) >= 11 is 0. The van der Waals surface area contributed by atoms with Gasteiger partial charge in [0.1, 0.15) is 0 Å². The monoisotopic (exact) mass is 434 g/mol. The van der Waals surface area contributed by atoms with E-state index in [0.717, 1.165) is 21.1 Å². The summed E-state index contributed by atoms with van der Waals surface area (Å²) in [7, 11) is 2.76. The van der Waals surface area contributed by atoms with Crippen LogP contribution in [0.3, 0.4) is 0 Å². The van der Waals surface area contributed by atoms with Crippen molar-refractivity contribution in [3.05, 3.63) is 69.8 Å². The summed E-state index contributed by atoms with van der Waals surface area (Å²) in [6.07, 6.45) is 0.583. The number of carbonyl (C=O) groups excluding carboxylic acids is 3. The number of non-ortho nitro benzene ring substituents is 1. The fourth-order valence-corrected chi connectivity index (χ4v) is 5.59. The second-order valence-electron chi connectivity index (χ2n) is 8.74. The molecule has 0 aromatic heterocycles. The zero-order valence-electron chi connectivity index (χ0n) is 17.7. The lowest BCUT2D eigenvalue weighted by molar-refractivity contribution is -0.384. The molecule has 32 heavy (non-hydrogen) atoms. The fourth-order valence-electron chi connectivity index (χ4n) is 5.59. The minimum Gasteiger partial charge on any atom is -0.366 e. The maximum Gasteiger partial charge on any atom is 0.332 e. The lowest BCUT2D eigenvalue weighted by Crippen LogP contribution is -2.70. The summed E-state index contributed by atoms with van der Waals surface area (Å²) in [4.78, 5) is 54.5. The van der Waals surface area contributed by atoms with Crippen LogP contribution >= 0.6 is 0 Å². The number of amides is 4. The molecule has 0 aliphatic carbocycles. The van der Waals surface area contributed by atoms with E-state index in [1.165, 1.54) is 26.2 Å². The maximum atomic E-state index is 13.6. The quantitative estimate of drug-likeness (QED) is 0.409. The molecule has 2 aromatic rings. The predicted molar refractivity (Wildman–Crippen MR) is 115 cm³/mol. The molecule has 164 valence electrons. The third kappa shape index (κ3) is 2.60. The van der Waals surface area contributed by atoms with Gasteiger partial charge in [0.05, 0.1) is 11.0 Å². The van der Waals surface area contributed by atoms with Gasteiger partial charge in [-0.25, -0.2) is 4.79 Å². The molecule has 4 amide bonds. The van der Waals surface area contributed by atoms with Crippen molar-refractivity contribution < 1.29 is 19.3 Å². The highest BCUT2D eigenvalue weighted by Gasteiger charge is 2.64. The Morgan fingerprint density at radius 3 is 2.28 bits per heavy atom. The summed E-state index contributed by atoms with van der Waals surface area (Å²) in [5.74, 6) is -1.02. The van der Waals surface area contributed by atoms with Crippen molar-refractivity contribution in [1.29, 1.82) is 0 Å². The largest absolute Gasteiger partial charge is 0.366 e. The van der Waals surface area contributed by atoms with Crippen LogP contribution in [0.25, 0.3) is 0 Å². The highest BCUT2D eigenvalue weighted by atomic mass is 16.6. The number of barbiturate groups is 1. The third-order valence-electron chi connectivity index (χ3n) is 7.14. The molecule has 2 atom stereocenters. The van der Waals surface area contributed by atoms with E-state index in [1.807, 2.05) is 35.2 Å². The maximum absolute atomic E-state index is 13.6. The van der Waals surface area contributed by atoms with Gasteiger partial charge in [0.25, 0.3) is 5.69 Å². The molecule has 9 heteroatoms. The molecule has 3 aliphatic rings. The molecular weight excluding hydrogens is 412 g/mol. The van der Waals surface area contributed by atoms with E-state index in [4.69, 9.17) is 0 Å². The first-order valence-electron chi connectivity index (χ1n) is 10.4. The number of anilines is 1. The van der Waals surface area contributed by atoms with Crippen molar-refractivity contribution >= 4 is 29.2 Å². The van der Waals surface area contributed by atoms with E-state index in [9.17, 15) is 24.5 Å². The highest BCUT2D eigenvalue weighted by Crippen LogP contribution is 2.52. The van der Waals surface area contributed by atoms with Crippen LogP contribution < -0.4 is 4.90 Å². The van der Waals surface area contributed by atoms with Gasteiger partial charge in [0.15, 0.2) is 5.41 Å². The number of fused-ring (bicyclic) bond motifs is 4. The first-order chi connectivity index (χ1) is 15.3. The molecule has 0 N–H and O–H groups in total. The van der Waals surface area contributed by atoms with Gasteiger partial charge in [-0.2, -0.15) is 0 Å². The molecule has 9 nitrogen and oxygen atoms in total. The van der Waals surface area contributed by atoms with Crippen LogP contribution in [-0.4, -0.2) is 59.3 Å². The first kappa shape index (κ1) is 20.2. The van der Waals surface area contributed by atoms with Gasteiger partial charge in [-0.15, -0.1) is 0 Å². The van der Waals surface area contributed by atoms with Crippen molar-refractivity contribution in [2.75, 3.05) is 25.5 Å². The SMILES string of the molecule is CN1C(=O)N(C)C(=O)C2(Cc3cc([N+](=O)[O-])ccc3N3C[C@H](c4ccccc4)C[C@@H]32)C1=O. The Morgan fingerprint density at radius 1 is 1.00 bits per heavy atom. The molecule has 2 aromatic carbocycles. The van der Waals surface area contributed by atoms with E-state index < -0.39 is 34.2 Å². The van der Waals surface area contributed by atoms with Gasteiger partial charge >= 0.3 is 6.03 Å². The number of benzene rings is 2. The summed E-state index contributed by atoms with van der Waals surface area (Å²) in [5.41, 5.74) is 0.872. The normalized spacial score (nSPS) is 24.1. The van der Waals surface area contributed by atoms with Crippen LogP contribution in [0.4, 0.5) is 16.2 Å². The molecule has 0 saturated carbocycles. The Bertz CT molecular complexity index is 1140. The van der Waals surface area contributed by atoms with Crippen LogP contribution in [0.5, 0.6) is 0 Å². The summed E-state index contributed by atoms with van der Waals surface area (Å²) in [5, 5.41) is 11.4. The number of hydrogen-bond acceptors (Lipinski definition) is 6. The zero-order chi connectivity index (χ0) is 22.8. The molecule has 5 rings (SSSR count). The van der Waals surface area contributed by atoms with Crippen molar-refractivity contribution in [1.82, 2.24) is 9.80 Å². The molecule has 3 aliphatic heterocycles. The van der Waals surface area contributed by atoms with E-state index >= 15 is 0 Å². The summed E-state index contributed by atoms with van der Waals surface area (Å²) < 4.78 is 0. The lowest BCUT2D eigenvalue weighted by atomic mass is 9.67. The smallest absolute Gasteiger partial charge is 0.332 e. The molecule has 2 fully saturated rings.